The van der Waals surface area contributed by atoms with E-state index in [2.05, 4.69) is 6.92 Å². The summed E-state index contributed by atoms with van der Waals surface area (Å²) in [4.78, 5) is 30.5. The third-order valence-electron chi connectivity index (χ3n) is 5.92. The van der Waals surface area contributed by atoms with Crippen molar-refractivity contribution < 1.29 is 4.74 Å². The first-order chi connectivity index (χ1) is 15.5. The smallest absolute Gasteiger partial charge is 0.332 e. The molecule has 0 aliphatic carbocycles. The maximum Gasteiger partial charge on any atom is 0.332 e. The van der Waals surface area contributed by atoms with E-state index in [4.69, 9.17) is 9.72 Å². The maximum absolute atomic E-state index is 13.2. The van der Waals surface area contributed by atoms with Crippen LogP contribution >= 0.6 is 0 Å². The van der Waals surface area contributed by atoms with E-state index in [1.54, 1.807) is 14.2 Å². The molecule has 0 N–H and O–H groups in total. The van der Waals surface area contributed by atoms with Crippen LogP contribution in [0.2, 0.25) is 0 Å². The van der Waals surface area contributed by atoms with Gasteiger partial charge < -0.3 is 4.74 Å². The number of ether oxygens (including phenoxy) is 1. The molecule has 162 valence electrons. The van der Waals surface area contributed by atoms with Crippen molar-refractivity contribution in [1.29, 1.82) is 0 Å². The monoisotopic (exact) mass is 429 g/mol. The summed E-state index contributed by atoms with van der Waals surface area (Å²) in [5.41, 5.74) is 3.79. The minimum Gasteiger partial charge on any atom is -0.497 e. The predicted octanol–water partition coefficient (Wildman–Crippen LogP) is 2.91. The van der Waals surface area contributed by atoms with E-state index in [1.807, 2.05) is 63.6 Å². The molecule has 0 atom stereocenters. The molecule has 3 heterocycles. The number of hydrogen-bond donors (Lipinski definition) is 0. The van der Waals surface area contributed by atoms with Crippen LogP contribution in [0.25, 0.3) is 33.9 Å². The van der Waals surface area contributed by atoms with E-state index >= 15 is 0 Å². The van der Waals surface area contributed by atoms with E-state index < -0.39 is 5.69 Å². The molecule has 2 aromatic carbocycles. The fourth-order valence-electron chi connectivity index (χ4n) is 4.32. The van der Waals surface area contributed by atoms with Gasteiger partial charge in [0.2, 0.25) is 5.78 Å². The van der Waals surface area contributed by atoms with E-state index in [0.717, 1.165) is 33.0 Å². The van der Waals surface area contributed by atoms with Crippen LogP contribution in [-0.4, -0.2) is 30.2 Å². The lowest BCUT2D eigenvalue weighted by atomic mass is 10.1. The summed E-state index contributed by atoms with van der Waals surface area (Å²) in [5, 5.41) is 0. The lowest BCUT2D eigenvalue weighted by Gasteiger charge is -2.12. The van der Waals surface area contributed by atoms with Crippen LogP contribution in [0.1, 0.15) is 12.6 Å². The largest absolute Gasteiger partial charge is 0.497 e. The van der Waals surface area contributed by atoms with Crippen LogP contribution in [-0.2, 0) is 20.5 Å². The Labute approximate surface area is 183 Å². The molecule has 32 heavy (non-hydrogen) atoms. The number of methoxy groups -OCH3 is 1. The summed E-state index contributed by atoms with van der Waals surface area (Å²) < 4.78 is 11.8. The van der Waals surface area contributed by atoms with Gasteiger partial charge in [0.15, 0.2) is 11.2 Å². The van der Waals surface area contributed by atoms with Crippen LogP contribution in [0.5, 0.6) is 5.75 Å². The zero-order valence-electron chi connectivity index (χ0n) is 18.4. The number of rotatable bonds is 4. The quantitative estimate of drug-likeness (QED) is 0.440. The van der Waals surface area contributed by atoms with Crippen molar-refractivity contribution in [3.63, 3.8) is 0 Å². The number of fused-ring (bicyclic) bond motifs is 3. The Kier molecular flexibility index (Phi) is 4.51. The lowest BCUT2D eigenvalue weighted by molar-refractivity contribution is 0.415. The van der Waals surface area contributed by atoms with Gasteiger partial charge in [-0.3, -0.25) is 22.9 Å². The third kappa shape index (κ3) is 2.65. The Morgan fingerprint density at radius 1 is 0.938 bits per heavy atom. The van der Waals surface area contributed by atoms with E-state index in [9.17, 15) is 9.59 Å². The Morgan fingerprint density at radius 3 is 2.25 bits per heavy atom. The van der Waals surface area contributed by atoms with Crippen LogP contribution in [0, 0.1) is 0 Å². The molecule has 5 rings (SSSR count). The molecule has 0 saturated heterocycles. The number of aryl methyl sites for hydroxylation is 2. The SMILES string of the molecule is CCc1c(-c2ccccc2)n(-c2ccc(OC)cc2)c2nc3c(c(=O)n(C)c(=O)n3C)n12. The molecule has 0 fully saturated rings. The van der Waals surface area contributed by atoms with Gasteiger partial charge in [0.05, 0.1) is 18.5 Å². The van der Waals surface area contributed by atoms with Crippen molar-refractivity contribution in [3.05, 3.63) is 81.1 Å². The van der Waals surface area contributed by atoms with Crippen molar-refractivity contribution in [2.75, 3.05) is 7.11 Å². The lowest BCUT2D eigenvalue weighted by Crippen LogP contribution is -2.37. The zero-order valence-corrected chi connectivity index (χ0v) is 18.4. The second kappa shape index (κ2) is 7.26. The van der Waals surface area contributed by atoms with Crippen LogP contribution in [0.15, 0.2) is 64.2 Å². The first kappa shape index (κ1) is 19.9. The van der Waals surface area contributed by atoms with Crippen LogP contribution < -0.4 is 16.0 Å². The van der Waals surface area contributed by atoms with Gasteiger partial charge >= 0.3 is 5.69 Å². The molecule has 8 nitrogen and oxygen atoms in total. The summed E-state index contributed by atoms with van der Waals surface area (Å²) in [7, 11) is 4.76. The Bertz CT molecular complexity index is 1590. The van der Waals surface area contributed by atoms with Gasteiger partial charge in [-0.05, 0) is 30.7 Å². The fourth-order valence-corrected chi connectivity index (χ4v) is 4.32. The number of aromatic nitrogens is 5. The van der Waals surface area contributed by atoms with E-state index in [1.165, 1.54) is 11.6 Å². The maximum atomic E-state index is 13.2. The molecule has 0 amide bonds. The standard InChI is InChI=1S/C24H23N5O3/c1-5-18-19(15-9-7-6-8-10-15)28(16-11-13-17(32-4)14-12-16)23-25-21-20(29(18)23)22(30)27(3)24(31)26(21)2/h6-14H,5H2,1-4H3. The minimum absolute atomic E-state index is 0.364. The summed E-state index contributed by atoms with van der Waals surface area (Å²) >= 11 is 0. The summed E-state index contributed by atoms with van der Waals surface area (Å²) in [5.74, 6) is 1.33. The highest BCUT2D eigenvalue weighted by atomic mass is 16.5. The highest BCUT2D eigenvalue weighted by Gasteiger charge is 2.25. The van der Waals surface area contributed by atoms with Gasteiger partial charge in [0.1, 0.15) is 5.75 Å². The zero-order chi connectivity index (χ0) is 22.6. The molecule has 8 heteroatoms. The first-order valence-corrected chi connectivity index (χ1v) is 10.4. The molecule has 0 aliphatic heterocycles. The Balaban J connectivity index is 2.02. The van der Waals surface area contributed by atoms with Crippen molar-refractivity contribution in [2.45, 2.75) is 13.3 Å². The van der Waals surface area contributed by atoms with E-state index in [0.29, 0.717) is 23.4 Å². The molecule has 0 radical (unpaired) electrons. The average Bonchev–Trinajstić information content (AvgIpc) is 3.36. The van der Waals surface area contributed by atoms with Gasteiger partial charge in [0, 0.05) is 25.3 Å². The Morgan fingerprint density at radius 2 is 1.62 bits per heavy atom. The number of hydrogen-bond acceptors (Lipinski definition) is 4. The normalized spacial score (nSPS) is 11.5. The van der Waals surface area contributed by atoms with Crippen molar-refractivity contribution in [1.82, 2.24) is 23.1 Å². The van der Waals surface area contributed by atoms with Gasteiger partial charge in [0.25, 0.3) is 5.56 Å². The molecule has 0 spiro atoms. The van der Waals surface area contributed by atoms with Crippen LogP contribution in [0.4, 0.5) is 0 Å². The van der Waals surface area contributed by atoms with Gasteiger partial charge in [-0.25, -0.2) is 4.79 Å². The average molecular weight is 429 g/mol. The number of benzene rings is 2. The predicted molar refractivity (Wildman–Crippen MR) is 124 cm³/mol. The van der Waals surface area contributed by atoms with Crippen molar-refractivity contribution in [2.24, 2.45) is 14.1 Å². The summed E-state index contributed by atoms with van der Waals surface area (Å²) in [6.45, 7) is 2.05. The Hall–Kier alpha value is -4.07. The molecular weight excluding hydrogens is 406 g/mol. The van der Waals surface area contributed by atoms with E-state index in [-0.39, 0.29) is 5.56 Å². The number of imidazole rings is 2. The molecule has 0 bridgehead atoms. The molecule has 3 aromatic heterocycles. The number of nitrogens with zero attached hydrogens (tertiary/aromatic N) is 5. The fraction of sp³-hybridized carbons (Fsp3) is 0.208. The molecule has 0 aliphatic rings. The van der Waals surface area contributed by atoms with Crippen molar-refractivity contribution >= 4 is 16.9 Å². The highest BCUT2D eigenvalue weighted by Crippen LogP contribution is 2.33. The molecular formula is C24H23N5O3. The minimum atomic E-state index is -0.402. The second-order valence-electron chi connectivity index (χ2n) is 7.67. The van der Waals surface area contributed by atoms with Crippen LogP contribution in [0.3, 0.4) is 0 Å². The third-order valence-corrected chi connectivity index (χ3v) is 5.92. The second-order valence-corrected chi connectivity index (χ2v) is 7.67. The molecule has 0 unspecified atom stereocenters. The van der Waals surface area contributed by atoms with Gasteiger partial charge in [-0.2, -0.15) is 4.98 Å². The molecule has 5 aromatic rings. The summed E-state index contributed by atoms with van der Waals surface area (Å²) in [6.07, 6.45) is 0.668. The first-order valence-electron chi connectivity index (χ1n) is 10.4. The molecule has 0 saturated carbocycles. The topological polar surface area (TPSA) is 75.5 Å². The van der Waals surface area contributed by atoms with Gasteiger partial charge in [-0.1, -0.05) is 37.3 Å². The van der Waals surface area contributed by atoms with Crippen molar-refractivity contribution in [3.8, 4) is 22.7 Å². The van der Waals surface area contributed by atoms with Gasteiger partial charge in [-0.15, -0.1) is 0 Å². The summed E-state index contributed by atoms with van der Waals surface area (Å²) in [6, 6.07) is 17.7. The highest BCUT2D eigenvalue weighted by molar-refractivity contribution is 5.81.